The van der Waals surface area contributed by atoms with E-state index < -0.39 is 18.1 Å². The van der Waals surface area contributed by atoms with E-state index in [1.54, 1.807) is 33.7 Å². The molecule has 2 aromatic rings. The maximum absolute atomic E-state index is 10.1. The van der Waals surface area contributed by atoms with Crippen molar-refractivity contribution >= 4 is 12.2 Å². The Morgan fingerprint density at radius 1 is 1.50 bits per heavy atom. The van der Waals surface area contributed by atoms with Gasteiger partial charge in [0.25, 0.3) is 0 Å². The van der Waals surface area contributed by atoms with Crippen molar-refractivity contribution in [3.8, 4) is 11.6 Å². The molecule has 9 heteroatoms. The fourth-order valence-corrected chi connectivity index (χ4v) is 3.49. The van der Waals surface area contributed by atoms with Crippen molar-refractivity contribution in [2.45, 2.75) is 37.2 Å². The van der Waals surface area contributed by atoms with E-state index in [1.165, 1.54) is 0 Å². The Bertz CT molecular complexity index is 810. The molecule has 2 aliphatic rings. The minimum absolute atomic E-state index is 0.0132. The summed E-state index contributed by atoms with van der Waals surface area (Å²) in [6, 6.07) is 3.10. The number of furan rings is 1. The van der Waals surface area contributed by atoms with Crippen molar-refractivity contribution in [1.82, 2.24) is 14.3 Å². The molecular formula is C15H17N3O5S. The van der Waals surface area contributed by atoms with E-state index in [2.05, 4.69) is 11.7 Å². The van der Waals surface area contributed by atoms with Gasteiger partial charge in [-0.15, -0.1) is 11.7 Å². The van der Waals surface area contributed by atoms with Gasteiger partial charge in [-0.05, 0) is 24.4 Å². The van der Waals surface area contributed by atoms with Crippen LogP contribution in [0, 0.1) is 4.77 Å². The SMILES string of the molecule is C=CCn1c(-c2ccco2)nn([C@H]2CC(O)(O)[C@H]3OC[C@@H]2O3)c1=S. The highest BCUT2D eigenvalue weighted by Crippen LogP contribution is 2.40. The lowest BCUT2D eigenvalue weighted by atomic mass is 9.99. The zero-order chi connectivity index (χ0) is 16.9. The van der Waals surface area contributed by atoms with E-state index in [1.807, 2.05) is 0 Å². The molecule has 0 saturated carbocycles. The minimum atomic E-state index is -2.08. The predicted octanol–water partition coefficient (Wildman–Crippen LogP) is 1.23. The lowest BCUT2D eigenvalue weighted by Crippen LogP contribution is -2.50. The molecule has 0 spiro atoms. The number of allylic oxidation sites excluding steroid dienone is 1. The van der Waals surface area contributed by atoms with Crippen molar-refractivity contribution in [2.75, 3.05) is 6.61 Å². The molecule has 0 amide bonds. The standard InChI is InChI=1S/C15H17N3O5S/c1-2-5-17-12(10-4-3-6-21-10)16-18(14(17)24)9-7-15(19,20)13-22-8-11(9)23-13/h2-4,6,9,11,13,19-20H,1,5,7-8H2/t9-,11-,13-/m0/s1. The molecule has 2 aromatic heterocycles. The zero-order valence-corrected chi connectivity index (χ0v) is 13.6. The Labute approximate surface area is 142 Å². The predicted molar refractivity (Wildman–Crippen MR) is 84.4 cm³/mol. The van der Waals surface area contributed by atoms with Crippen LogP contribution in [0.25, 0.3) is 11.6 Å². The maximum atomic E-state index is 10.1. The summed E-state index contributed by atoms with van der Waals surface area (Å²) in [7, 11) is 0. The second kappa shape index (κ2) is 5.64. The summed E-state index contributed by atoms with van der Waals surface area (Å²) in [5.74, 6) is -0.967. The summed E-state index contributed by atoms with van der Waals surface area (Å²) < 4.78 is 20.1. The van der Waals surface area contributed by atoms with Gasteiger partial charge in [0, 0.05) is 13.0 Å². The van der Waals surface area contributed by atoms with Crippen molar-refractivity contribution in [3.63, 3.8) is 0 Å². The van der Waals surface area contributed by atoms with Gasteiger partial charge in [0.15, 0.2) is 16.4 Å². The summed E-state index contributed by atoms with van der Waals surface area (Å²) in [5, 5.41) is 24.8. The number of hydrogen-bond donors (Lipinski definition) is 2. The van der Waals surface area contributed by atoms with Crippen LogP contribution in [-0.2, 0) is 16.0 Å². The lowest BCUT2D eigenvalue weighted by molar-refractivity contribution is -0.315. The molecule has 2 saturated heterocycles. The third-order valence-electron chi connectivity index (χ3n) is 4.28. The quantitative estimate of drug-likeness (QED) is 0.486. The fourth-order valence-electron chi connectivity index (χ4n) is 3.15. The summed E-state index contributed by atoms with van der Waals surface area (Å²) in [6.45, 7) is 4.45. The third kappa shape index (κ3) is 2.36. The third-order valence-corrected chi connectivity index (χ3v) is 4.69. The topological polar surface area (TPSA) is 94.8 Å². The van der Waals surface area contributed by atoms with E-state index in [0.717, 1.165) is 0 Å². The molecule has 2 bridgehead atoms. The van der Waals surface area contributed by atoms with Gasteiger partial charge in [-0.2, -0.15) is 0 Å². The largest absolute Gasteiger partial charge is 0.461 e. The highest BCUT2D eigenvalue weighted by Gasteiger charge is 2.53. The first-order chi connectivity index (χ1) is 11.5. The van der Waals surface area contributed by atoms with Crippen LogP contribution in [0.15, 0.2) is 35.5 Å². The van der Waals surface area contributed by atoms with Crippen molar-refractivity contribution in [1.29, 1.82) is 0 Å². The molecule has 8 nitrogen and oxygen atoms in total. The number of rotatable bonds is 4. The van der Waals surface area contributed by atoms with Gasteiger partial charge in [0.05, 0.1) is 18.9 Å². The van der Waals surface area contributed by atoms with Crippen LogP contribution < -0.4 is 0 Å². The molecular weight excluding hydrogens is 334 g/mol. The number of aromatic nitrogens is 3. The van der Waals surface area contributed by atoms with Gasteiger partial charge in [-0.3, -0.25) is 4.57 Å². The van der Waals surface area contributed by atoms with Gasteiger partial charge in [-0.1, -0.05) is 6.08 Å². The molecule has 0 unspecified atom stereocenters. The van der Waals surface area contributed by atoms with Crippen LogP contribution in [0.3, 0.4) is 0 Å². The van der Waals surface area contributed by atoms with Gasteiger partial charge >= 0.3 is 0 Å². The number of aliphatic hydroxyl groups is 2. The van der Waals surface area contributed by atoms with Crippen LogP contribution >= 0.6 is 12.2 Å². The van der Waals surface area contributed by atoms with Crippen molar-refractivity contribution in [2.24, 2.45) is 0 Å². The minimum Gasteiger partial charge on any atom is -0.461 e. The second-order valence-corrected chi connectivity index (χ2v) is 6.28. The first-order valence-electron chi connectivity index (χ1n) is 7.57. The van der Waals surface area contributed by atoms with Crippen LogP contribution in [0.4, 0.5) is 0 Å². The number of nitrogens with zero attached hydrogens (tertiary/aromatic N) is 3. The first kappa shape index (κ1) is 15.7. The maximum Gasteiger partial charge on any atom is 0.217 e. The lowest BCUT2D eigenvalue weighted by Gasteiger charge is -2.36. The molecule has 4 rings (SSSR count). The average molecular weight is 351 g/mol. The van der Waals surface area contributed by atoms with Crippen molar-refractivity contribution in [3.05, 3.63) is 35.8 Å². The molecule has 0 radical (unpaired) electrons. The van der Waals surface area contributed by atoms with E-state index in [9.17, 15) is 10.2 Å². The number of hydrogen-bond acceptors (Lipinski definition) is 7. The molecule has 2 fully saturated rings. The van der Waals surface area contributed by atoms with Gasteiger partial charge < -0.3 is 24.1 Å². The van der Waals surface area contributed by atoms with Gasteiger partial charge in [-0.25, -0.2) is 4.68 Å². The first-order valence-corrected chi connectivity index (χ1v) is 7.98. The summed E-state index contributed by atoms with van der Waals surface area (Å²) in [6.07, 6.45) is 1.90. The Kier molecular flexibility index (Phi) is 3.70. The highest BCUT2D eigenvalue weighted by atomic mass is 32.1. The molecule has 4 heterocycles. The highest BCUT2D eigenvalue weighted by molar-refractivity contribution is 7.71. The zero-order valence-electron chi connectivity index (χ0n) is 12.7. The van der Waals surface area contributed by atoms with Gasteiger partial charge in [0.1, 0.15) is 6.10 Å². The van der Waals surface area contributed by atoms with Crippen LogP contribution in [0.1, 0.15) is 12.5 Å². The Morgan fingerprint density at radius 2 is 2.33 bits per heavy atom. The Hall–Kier alpha value is -1.78. The number of fused-ring (bicyclic) bond motifs is 2. The molecule has 0 aromatic carbocycles. The van der Waals surface area contributed by atoms with E-state index in [0.29, 0.717) is 22.9 Å². The molecule has 0 aliphatic carbocycles. The van der Waals surface area contributed by atoms with E-state index >= 15 is 0 Å². The molecule has 2 aliphatic heterocycles. The van der Waals surface area contributed by atoms with Crippen LogP contribution in [0.2, 0.25) is 0 Å². The summed E-state index contributed by atoms with van der Waals surface area (Å²) in [4.78, 5) is 0. The Morgan fingerprint density at radius 3 is 3.04 bits per heavy atom. The number of ether oxygens (including phenoxy) is 2. The summed E-state index contributed by atoms with van der Waals surface area (Å²) in [5.41, 5.74) is 0. The van der Waals surface area contributed by atoms with Crippen LogP contribution in [0.5, 0.6) is 0 Å². The molecule has 24 heavy (non-hydrogen) atoms. The smallest absolute Gasteiger partial charge is 0.217 e. The van der Waals surface area contributed by atoms with Crippen LogP contribution in [-0.4, -0.2) is 49.3 Å². The van der Waals surface area contributed by atoms with Crippen molar-refractivity contribution < 1.29 is 24.1 Å². The molecule has 128 valence electrons. The fraction of sp³-hybridized carbons (Fsp3) is 0.467. The molecule has 2 N–H and O–H groups in total. The van der Waals surface area contributed by atoms with Gasteiger partial charge in [0.2, 0.25) is 12.1 Å². The average Bonchev–Trinajstić information content (AvgIpc) is 3.25. The Balaban J connectivity index is 1.80. The normalized spacial score (nSPS) is 28.2. The van der Waals surface area contributed by atoms with E-state index in [4.69, 9.17) is 26.1 Å². The molecule has 3 atom stereocenters. The monoisotopic (exact) mass is 351 g/mol. The second-order valence-electron chi connectivity index (χ2n) is 5.92. The van der Waals surface area contributed by atoms with E-state index in [-0.39, 0.29) is 19.1 Å². The summed E-state index contributed by atoms with van der Waals surface area (Å²) >= 11 is 5.54.